The number of carbonyl (C=O) groups is 1. The van der Waals surface area contributed by atoms with E-state index in [1.165, 1.54) is 5.56 Å². The van der Waals surface area contributed by atoms with E-state index in [-0.39, 0.29) is 17.7 Å². The van der Waals surface area contributed by atoms with Crippen LogP contribution in [0, 0.1) is 12.8 Å². The summed E-state index contributed by atoms with van der Waals surface area (Å²) in [6, 6.07) is 12.0. The van der Waals surface area contributed by atoms with Crippen molar-refractivity contribution in [3.05, 3.63) is 65.6 Å². The highest BCUT2D eigenvalue weighted by Gasteiger charge is 2.44. The van der Waals surface area contributed by atoms with Crippen LogP contribution in [0.3, 0.4) is 0 Å². The number of aryl methyl sites for hydroxylation is 1. The molecule has 1 saturated carbocycles. The van der Waals surface area contributed by atoms with E-state index in [0.717, 1.165) is 34.3 Å². The number of carbonyl (C=O) groups excluding carboxylic acids is 1. The van der Waals surface area contributed by atoms with E-state index in [2.05, 4.69) is 24.1 Å². The second-order valence-electron chi connectivity index (χ2n) is 7.38. The van der Waals surface area contributed by atoms with E-state index < -0.39 is 0 Å². The SMILES string of the molecule is Cc1nc2ccccc2c(NC(=O)[C@@H]2C[C@H]2c2ccncc2)c1C(C)C. The third-order valence-corrected chi connectivity index (χ3v) is 5.21. The fraction of sp³-hybridized carbons (Fsp3) is 0.318. The molecule has 0 saturated heterocycles. The van der Waals surface area contributed by atoms with Crippen LogP contribution in [-0.4, -0.2) is 15.9 Å². The van der Waals surface area contributed by atoms with Gasteiger partial charge in [0.2, 0.25) is 5.91 Å². The third kappa shape index (κ3) is 2.96. The van der Waals surface area contributed by atoms with E-state index in [0.29, 0.717) is 5.92 Å². The van der Waals surface area contributed by atoms with Crippen molar-refractivity contribution in [1.82, 2.24) is 9.97 Å². The van der Waals surface area contributed by atoms with Crippen LogP contribution < -0.4 is 5.32 Å². The molecule has 1 aliphatic carbocycles. The zero-order chi connectivity index (χ0) is 18.3. The summed E-state index contributed by atoms with van der Waals surface area (Å²) in [7, 11) is 0. The van der Waals surface area contributed by atoms with Gasteiger partial charge >= 0.3 is 0 Å². The molecule has 0 aliphatic heterocycles. The Morgan fingerprint density at radius 3 is 2.62 bits per heavy atom. The molecule has 4 nitrogen and oxygen atoms in total. The molecule has 0 bridgehead atoms. The second kappa shape index (κ2) is 6.52. The van der Waals surface area contributed by atoms with E-state index in [4.69, 9.17) is 4.98 Å². The summed E-state index contributed by atoms with van der Waals surface area (Å²) >= 11 is 0. The van der Waals surface area contributed by atoms with Gasteiger partial charge in [0, 0.05) is 35.0 Å². The van der Waals surface area contributed by atoms with E-state index in [1.54, 1.807) is 12.4 Å². The van der Waals surface area contributed by atoms with Gasteiger partial charge in [-0.25, -0.2) is 0 Å². The smallest absolute Gasteiger partial charge is 0.228 e. The van der Waals surface area contributed by atoms with Gasteiger partial charge in [-0.1, -0.05) is 32.0 Å². The molecule has 1 aliphatic rings. The highest BCUT2D eigenvalue weighted by Crippen LogP contribution is 2.48. The number of amides is 1. The van der Waals surface area contributed by atoms with Gasteiger partial charge in [0.1, 0.15) is 0 Å². The van der Waals surface area contributed by atoms with Crippen LogP contribution >= 0.6 is 0 Å². The molecule has 1 amide bonds. The zero-order valence-electron chi connectivity index (χ0n) is 15.4. The maximum Gasteiger partial charge on any atom is 0.228 e. The molecule has 1 N–H and O–H groups in total. The van der Waals surface area contributed by atoms with Crippen LogP contribution in [0.1, 0.15) is 48.9 Å². The molecule has 4 rings (SSSR count). The van der Waals surface area contributed by atoms with Crippen molar-refractivity contribution in [3.8, 4) is 0 Å². The molecular formula is C22H23N3O. The van der Waals surface area contributed by atoms with Gasteiger partial charge in [0.15, 0.2) is 0 Å². The summed E-state index contributed by atoms with van der Waals surface area (Å²) in [6.07, 6.45) is 4.48. The van der Waals surface area contributed by atoms with Gasteiger partial charge in [0.25, 0.3) is 0 Å². The summed E-state index contributed by atoms with van der Waals surface area (Å²) in [5.41, 5.74) is 5.15. The Balaban J connectivity index is 1.67. The van der Waals surface area contributed by atoms with Crippen molar-refractivity contribution in [2.45, 2.75) is 39.0 Å². The van der Waals surface area contributed by atoms with Crippen molar-refractivity contribution in [2.75, 3.05) is 5.32 Å². The normalized spacial score (nSPS) is 18.9. The Hall–Kier alpha value is -2.75. The highest BCUT2D eigenvalue weighted by atomic mass is 16.2. The number of hydrogen-bond acceptors (Lipinski definition) is 3. The number of nitrogens with zero attached hydrogens (tertiary/aromatic N) is 2. The van der Waals surface area contributed by atoms with Crippen LogP contribution in [0.25, 0.3) is 10.9 Å². The van der Waals surface area contributed by atoms with Crippen LogP contribution in [0.2, 0.25) is 0 Å². The van der Waals surface area contributed by atoms with Gasteiger partial charge < -0.3 is 5.32 Å². The number of fused-ring (bicyclic) bond motifs is 1. The first-order valence-corrected chi connectivity index (χ1v) is 9.16. The van der Waals surface area contributed by atoms with Gasteiger partial charge in [-0.05, 0) is 48.9 Å². The monoisotopic (exact) mass is 345 g/mol. The first-order chi connectivity index (χ1) is 12.6. The van der Waals surface area contributed by atoms with Crippen molar-refractivity contribution >= 4 is 22.5 Å². The molecule has 132 valence electrons. The Kier molecular flexibility index (Phi) is 4.19. The summed E-state index contributed by atoms with van der Waals surface area (Å²) in [5.74, 6) is 0.724. The quantitative estimate of drug-likeness (QED) is 0.739. The molecule has 4 heteroatoms. The highest BCUT2D eigenvalue weighted by molar-refractivity contribution is 6.04. The summed E-state index contributed by atoms with van der Waals surface area (Å²) in [6.45, 7) is 6.31. The molecule has 26 heavy (non-hydrogen) atoms. The van der Waals surface area contributed by atoms with Crippen LogP contribution in [0.5, 0.6) is 0 Å². The molecule has 2 heterocycles. The number of rotatable bonds is 4. The number of aromatic nitrogens is 2. The number of nitrogens with one attached hydrogen (secondary N) is 1. The molecule has 0 spiro atoms. The molecule has 1 fully saturated rings. The lowest BCUT2D eigenvalue weighted by Crippen LogP contribution is -2.17. The predicted molar refractivity (Wildman–Crippen MR) is 104 cm³/mol. The molecular weight excluding hydrogens is 322 g/mol. The molecule has 2 aromatic heterocycles. The van der Waals surface area contributed by atoms with E-state index in [1.807, 2.05) is 43.3 Å². The number of pyridine rings is 2. The molecule has 1 aromatic carbocycles. The van der Waals surface area contributed by atoms with E-state index in [9.17, 15) is 4.79 Å². The van der Waals surface area contributed by atoms with E-state index >= 15 is 0 Å². The van der Waals surface area contributed by atoms with Crippen LogP contribution in [0.15, 0.2) is 48.8 Å². The number of benzene rings is 1. The molecule has 3 aromatic rings. The topological polar surface area (TPSA) is 54.9 Å². The Labute approximate surface area is 153 Å². The van der Waals surface area contributed by atoms with Crippen LogP contribution in [-0.2, 0) is 4.79 Å². The lowest BCUT2D eigenvalue weighted by molar-refractivity contribution is -0.117. The summed E-state index contributed by atoms with van der Waals surface area (Å²) < 4.78 is 0. The fourth-order valence-corrected chi connectivity index (χ4v) is 3.87. The largest absolute Gasteiger partial charge is 0.325 e. The fourth-order valence-electron chi connectivity index (χ4n) is 3.87. The predicted octanol–water partition coefficient (Wildman–Crippen LogP) is 4.80. The van der Waals surface area contributed by atoms with Gasteiger partial charge in [0.05, 0.1) is 11.2 Å². The maximum atomic E-state index is 12.9. The zero-order valence-corrected chi connectivity index (χ0v) is 15.4. The number of hydrogen-bond donors (Lipinski definition) is 1. The molecule has 0 radical (unpaired) electrons. The third-order valence-electron chi connectivity index (χ3n) is 5.21. The second-order valence-corrected chi connectivity index (χ2v) is 7.38. The van der Waals surface area contributed by atoms with Crippen molar-refractivity contribution in [3.63, 3.8) is 0 Å². The minimum absolute atomic E-state index is 0.0321. The Morgan fingerprint density at radius 1 is 1.15 bits per heavy atom. The average Bonchev–Trinajstić information content (AvgIpc) is 3.43. The lowest BCUT2D eigenvalue weighted by Gasteiger charge is -2.19. The summed E-state index contributed by atoms with van der Waals surface area (Å²) in [4.78, 5) is 21.7. The van der Waals surface area contributed by atoms with Crippen LogP contribution in [0.4, 0.5) is 5.69 Å². The standard InChI is InChI=1S/C22H23N3O/c1-13(2)20-14(3)24-19-7-5-4-6-16(19)21(20)25-22(26)18-12-17(18)15-8-10-23-11-9-15/h4-11,13,17-18H,12H2,1-3H3,(H,24,25,26)/t17-,18+/m0/s1. The maximum absolute atomic E-state index is 12.9. The van der Waals surface area contributed by atoms with Crippen molar-refractivity contribution in [1.29, 1.82) is 0 Å². The minimum atomic E-state index is 0.0321. The van der Waals surface area contributed by atoms with Crippen molar-refractivity contribution < 1.29 is 4.79 Å². The Bertz CT molecular complexity index is 966. The number of para-hydroxylation sites is 1. The Morgan fingerprint density at radius 2 is 1.88 bits per heavy atom. The first kappa shape index (κ1) is 16.7. The summed E-state index contributed by atoms with van der Waals surface area (Å²) in [5, 5.41) is 4.25. The number of anilines is 1. The minimum Gasteiger partial charge on any atom is -0.325 e. The molecule has 2 atom stereocenters. The lowest BCUT2D eigenvalue weighted by atomic mass is 9.96. The molecule has 0 unspecified atom stereocenters. The van der Waals surface area contributed by atoms with Crippen molar-refractivity contribution in [2.24, 2.45) is 5.92 Å². The van der Waals surface area contributed by atoms with Gasteiger partial charge in [-0.2, -0.15) is 0 Å². The van der Waals surface area contributed by atoms with Gasteiger partial charge in [-0.3, -0.25) is 14.8 Å². The van der Waals surface area contributed by atoms with Gasteiger partial charge in [-0.15, -0.1) is 0 Å². The first-order valence-electron chi connectivity index (χ1n) is 9.16. The average molecular weight is 345 g/mol.